The Hall–Kier alpha value is -2.67. The lowest BCUT2D eigenvalue weighted by Gasteiger charge is -2.35. The van der Waals surface area contributed by atoms with Crippen molar-refractivity contribution in [3.8, 4) is 6.07 Å². The van der Waals surface area contributed by atoms with Gasteiger partial charge in [-0.05, 0) is 49.9 Å². The summed E-state index contributed by atoms with van der Waals surface area (Å²) in [6.45, 7) is 0.323. The van der Waals surface area contributed by atoms with E-state index in [0.29, 0.717) is 37.8 Å². The predicted octanol–water partition coefficient (Wildman–Crippen LogP) is 4.53. The van der Waals surface area contributed by atoms with Crippen LogP contribution >= 0.6 is 0 Å². The molecular formula is C25H31F4N3O3. The van der Waals surface area contributed by atoms with Crippen molar-refractivity contribution < 1.29 is 31.9 Å². The van der Waals surface area contributed by atoms with Gasteiger partial charge in [-0.1, -0.05) is 31.4 Å². The number of rotatable bonds is 9. The first-order valence-electron chi connectivity index (χ1n) is 12.0. The number of nitrogens with zero attached hydrogens (tertiary/aromatic N) is 2. The van der Waals surface area contributed by atoms with E-state index in [1.807, 2.05) is 6.07 Å². The number of halogens is 4. The van der Waals surface area contributed by atoms with Crippen molar-refractivity contribution in [3.05, 3.63) is 35.4 Å². The number of carbonyl (C=O) groups is 2. The van der Waals surface area contributed by atoms with Crippen LogP contribution in [0.25, 0.3) is 0 Å². The summed E-state index contributed by atoms with van der Waals surface area (Å²) in [5, 5.41) is 12.1. The average molecular weight is 498 g/mol. The first kappa shape index (κ1) is 26.9. The molecule has 10 heteroatoms. The van der Waals surface area contributed by atoms with E-state index in [0.717, 1.165) is 31.4 Å². The molecule has 2 unspecified atom stereocenters. The molecule has 1 saturated heterocycles. The number of nitriles is 1. The molecule has 2 aliphatic rings. The highest BCUT2D eigenvalue weighted by atomic mass is 19.4. The Kier molecular flexibility index (Phi) is 9.11. The van der Waals surface area contributed by atoms with Crippen LogP contribution < -0.4 is 5.32 Å². The lowest BCUT2D eigenvalue weighted by atomic mass is 9.71. The molecule has 2 atom stereocenters. The van der Waals surface area contributed by atoms with Crippen LogP contribution in [0.1, 0.15) is 62.5 Å². The summed E-state index contributed by atoms with van der Waals surface area (Å²) in [5.41, 5.74) is -0.900. The number of alkyl halides is 4. The zero-order valence-corrected chi connectivity index (χ0v) is 19.6. The highest BCUT2D eigenvalue weighted by Crippen LogP contribution is 2.41. The van der Waals surface area contributed by atoms with Gasteiger partial charge >= 0.3 is 12.1 Å². The summed E-state index contributed by atoms with van der Waals surface area (Å²) in [4.78, 5) is 26.6. The first-order valence-corrected chi connectivity index (χ1v) is 12.0. The van der Waals surface area contributed by atoms with E-state index < -0.39 is 29.4 Å². The number of carbonyl (C=O) groups excluding carboxylic acids is 2. The molecule has 35 heavy (non-hydrogen) atoms. The largest absolute Gasteiger partial charge is 0.460 e. The average Bonchev–Trinajstić information content (AvgIpc) is 3.23. The summed E-state index contributed by atoms with van der Waals surface area (Å²) in [6, 6.07) is 5.80. The second-order valence-electron chi connectivity index (χ2n) is 9.42. The molecular weight excluding hydrogens is 466 g/mol. The normalized spacial score (nSPS) is 22.0. The molecule has 192 valence electrons. The van der Waals surface area contributed by atoms with Crippen molar-refractivity contribution in [1.82, 2.24) is 10.2 Å². The summed E-state index contributed by atoms with van der Waals surface area (Å²) in [6.07, 6.45) is -0.156. The molecule has 1 aromatic carbocycles. The van der Waals surface area contributed by atoms with Crippen LogP contribution in [-0.2, 0) is 27.1 Å². The Morgan fingerprint density at radius 2 is 1.86 bits per heavy atom. The van der Waals surface area contributed by atoms with E-state index in [-0.39, 0.29) is 38.0 Å². The van der Waals surface area contributed by atoms with E-state index in [1.165, 1.54) is 17.0 Å². The maximum atomic E-state index is 13.5. The molecule has 1 aromatic rings. The molecule has 1 aliphatic heterocycles. The van der Waals surface area contributed by atoms with E-state index in [4.69, 9.17) is 10.00 Å². The van der Waals surface area contributed by atoms with Gasteiger partial charge in [0.05, 0.1) is 30.1 Å². The molecule has 0 radical (unpaired) electrons. The third kappa shape index (κ3) is 7.17. The SMILES string of the molecule is N#CC1CC(F)CN1C(=O)CNCCCC1(C(=O)OCc2ccc(C(F)(F)F)cc2)CCCCC1. The third-order valence-corrected chi connectivity index (χ3v) is 6.90. The molecule has 2 fully saturated rings. The fourth-order valence-corrected chi connectivity index (χ4v) is 4.91. The highest BCUT2D eigenvalue weighted by Gasteiger charge is 2.40. The van der Waals surface area contributed by atoms with E-state index >= 15 is 0 Å². The van der Waals surface area contributed by atoms with Crippen molar-refractivity contribution in [2.75, 3.05) is 19.6 Å². The number of hydrogen-bond acceptors (Lipinski definition) is 5. The van der Waals surface area contributed by atoms with Crippen LogP contribution in [0.15, 0.2) is 24.3 Å². The summed E-state index contributed by atoms with van der Waals surface area (Å²) in [5.74, 6) is -0.656. The Morgan fingerprint density at radius 3 is 2.49 bits per heavy atom. The summed E-state index contributed by atoms with van der Waals surface area (Å²) >= 11 is 0. The standard InChI is InChI=1S/C25H31F4N3O3/c26-20-13-21(14-30)32(16-20)22(33)15-31-12-4-11-24(9-2-1-3-10-24)23(34)35-17-18-5-7-19(8-6-18)25(27,28)29/h5-8,20-21,31H,1-4,9-13,15-17H2. The second-order valence-corrected chi connectivity index (χ2v) is 9.42. The van der Waals surface area contributed by atoms with Crippen molar-refractivity contribution in [1.29, 1.82) is 5.26 Å². The van der Waals surface area contributed by atoms with Crippen LogP contribution in [0.2, 0.25) is 0 Å². The molecule has 0 aromatic heterocycles. The van der Waals surface area contributed by atoms with E-state index in [2.05, 4.69) is 5.32 Å². The van der Waals surface area contributed by atoms with Crippen molar-refractivity contribution >= 4 is 11.9 Å². The number of nitrogens with one attached hydrogen (secondary N) is 1. The van der Waals surface area contributed by atoms with E-state index in [1.54, 1.807) is 0 Å². The van der Waals surface area contributed by atoms with Crippen molar-refractivity contribution in [2.24, 2.45) is 5.41 Å². The fraction of sp³-hybridized carbons (Fsp3) is 0.640. The van der Waals surface area contributed by atoms with Crippen LogP contribution in [-0.4, -0.2) is 48.6 Å². The van der Waals surface area contributed by atoms with Gasteiger partial charge < -0.3 is 15.0 Å². The van der Waals surface area contributed by atoms with Gasteiger partial charge in [0.15, 0.2) is 0 Å². The Morgan fingerprint density at radius 1 is 1.17 bits per heavy atom. The van der Waals surface area contributed by atoms with Crippen molar-refractivity contribution in [2.45, 2.75) is 76.4 Å². The molecule has 1 amide bonds. The third-order valence-electron chi connectivity index (χ3n) is 6.90. The highest BCUT2D eigenvalue weighted by molar-refractivity contribution is 5.79. The molecule has 6 nitrogen and oxygen atoms in total. The van der Waals surface area contributed by atoms with Gasteiger partial charge in [0.25, 0.3) is 0 Å². The fourth-order valence-electron chi connectivity index (χ4n) is 4.91. The Labute approximate surface area is 202 Å². The van der Waals surface area contributed by atoms with Crippen LogP contribution in [0.3, 0.4) is 0 Å². The molecule has 1 heterocycles. The number of esters is 1. The lowest BCUT2D eigenvalue weighted by Crippen LogP contribution is -2.41. The quantitative estimate of drug-likeness (QED) is 0.308. The van der Waals surface area contributed by atoms with Gasteiger partial charge in [-0.2, -0.15) is 18.4 Å². The van der Waals surface area contributed by atoms with Crippen LogP contribution in [0.4, 0.5) is 17.6 Å². The van der Waals surface area contributed by atoms with Gasteiger partial charge in [0.2, 0.25) is 5.91 Å². The summed E-state index contributed by atoms with van der Waals surface area (Å²) in [7, 11) is 0. The predicted molar refractivity (Wildman–Crippen MR) is 119 cm³/mol. The molecule has 0 spiro atoms. The first-order chi connectivity index (χ1) is 16.6. The van der Waals surface area contributed by atoms with Gasteiger partial charge in [-0.3, -0.25) is 9.59 Å². The van der Waals surface area contributed by atoms with Crippen molar-refractivity contribution in [3.63, 3.8) is 0 Å². The van der Waals surface area contributed by atoms with E-state index in [9.17, 15) is 27.2 Å². The number of hydrogen-bond donors (Lipinski definition) is 1. The maximum absolute atomic E-state index is 13.5. The van der Waals surface area contributed by atoms with Gasteiger partial charge in [0.1, 0.15) is 18.8 Å². The molecule has 1 aliphatic carbocycles. The number of ether oxygens (including phenoxy) is 1. The zero-order chi connectivity index (χ0) is 25.5. The minimum Gasteiger partial charge on any atom is -0.460 e. The molecule has 1 saturated carbocycles. The monoisotopic (exact) mass is 497 g/mol. The van der Waals surface area contributed by atoms with Gasteiger partial charge in [-0.15, -0.1) is 0 Å². The van der Waals surface area contributed by atoms with Gasteiger partial charge in [-0.25, -0.2) is 4.39 Å². The molecule has 0 bridgehead atoms. The molecule has 1 N–H and O–H groups in total. The lowest BCUT2D eigenvalue weighted by molar-refractivity contribution is -0.160. The Balaban J connectivity index is 1.46. The van der Waals surface area contributed by atoms with Gasteiger partial charge in [0, 0.05) is 6.42 Å². The maximum Gasteiger partial charge on any atom is 0.416 e. The Bertz CT molecular complexity index is 908. The smallest absolute Gasteiger partial charge is 0.416 e. The number of benzene rings is 1. The number of amides is 1. The number of likely N-dealkylation sites (tertiary alicyclic amines) is 1. The zero-order valence-electron chi connectivity index (χ0n) is 19.6. The topological polar surface area (TPSA) is 82.4 Å². The minimum atomic E-state index is -4.42. The summed E-state index contributed by atoms with van der Waals surface area (Å²) < 4.78 is 57.2. The van der Waals surface area contributed by atoms with Crippen LogP contribution in [0.5, 0.6) is 0 Å². The molecule has 3 rings (SSSR count). The van der Waals surface area contributed by atoms with Crippen LogP contribution in [0, 0.1) is 16.7 Å². The minimum absolute atomic E-state index is 0.00370. The second kappa shape index (κ2) is 11.8.